The lowest BCUT2D eigenvalue weighted by molar-refractivity contribution is 0.716. The van der Waals surface area contributed by atoms with E-state index in [1.54, 1.807) is 12.4 Å². The van der Waals surface area contributed by atoms with Crippen LogP contribution < -0.4 is 16.6 Å². The van der Waals surface area contributed by atoms with E-state index >= 15 is 0 Å². The molecule has 2 rings (SSSR count). The van der Waals surface area contributed by atoms with E-state index in [4.69, 9.17) is 5.73 Å². The molecule has 0 amide bonds. The maximum Gasteiger partial charge on any atom is 0.253 e. The van der Waals surface area contributed by atoms with Crippen molar-refractivity contribution >= 4 is 17.6 Å². The predicted molar refractivity (Wildman–Crippen MR) is 72.8 cm³/mol. The molecular weight excluding hydrogens is 264 g/mol. The second-order valence-corrected chi connectivity index (χ2v) is 4.69. The Kier molecular flexibility index (Phi) is 4.48. The Morgan fingerprint density at radius 3 is 2.79 bits per heavy atom. The summed E-state index contributed by atoms with van der Waals surface area (Å²) in [6, 6.07) is 1.23. The molecule has 0 fully saturated rings. The summed E-state index contributed by atoms with van der Waals surface area (Å²) >= 11 is 1.16. The van der Waals surface area contributed by atoms with Gasteiger partial charge in [-0.05, 0) is 18.3 Å². The van der Waals surface area contributed by atoms with Crippen LogP contribution >= 0.6 is 11.8 Å². The minimum absolute atomic E-state index is 0.176. The molecule has 2 aromatic heterocycles. The Hall–Kier alpha value is -1.93. The average molecular weight is 278 g/mol. The molecule has 0 saturated carbocycles. The second-order valence-electron chi connectivity index (χ2n) is 3.73. The number of aromatic amines is 1. The van der Waals surface area contributed by atoms with Gasteiger partial charge in [-0.1, -0.05) is 6.92 Å². The van der Waals surface area contributed by atoms with Gasteiger partial charge in [0.25, 0.3) is 5.56 Å². The van der Waals surface area contributed by atoms with E-state index in [1.807, 2.05) is 6.92 Å². The van der Waals surface area contributed by atoms with Gasteiger partial charge in [-0.15, -0.1) is 0 Å². The second kappa shape index (κ2) is 6.30. The number of aromatic nitrogens is 4. The van der Waals surface area contributed by atoms with Crippen LogP contribution in [0.4, 0.5) is 5.82 Å². The van der Waals surface area contributed by atoms with Crippen LogP contribution in [-0.4, -0.2) is 26.5 Å². The molecule has 0 aliphatic carbocycles. The van der Waals surface area contributed by atoms with Gasteiger partial charge in [-0.25, -0.2) is 15.0 Å². The topological polar surface area (TPSA) is 110 Å². The molecule has 2 aromatic rings. The molecule has 2 heterocycles. The number of H-pyrrole nitrogens is 1. The van der Waals surface area contributed by atoms with Crippen molar-refractivity contribution in [2.24, 2.45) is 0 Å². The van der Waals surface area contributed by atoms with Gasteiger partial charge in [0.05, 0.1) is 0 Å². The van der Waals surface area contributed by atoms with Crippen LogP contribution in [0.5, 0.6) is 0 Å². The largest absolute Gasteiger partial charge is 0.383 e. The third-order valence-electron chi connectivity index (χ3n) is 2.19. The summed E-state index contributed by atoms with van der Waals surface area (Å²) < 4.78 is 0. The van der Waals surface area contributed by atoms with Gasteiger partial charge < -0.3 is 16.0 Å². The maximum absolute atomic E-state index is 11.2. The zero-order valence-electron chi connectivity index (χ0n) is 10.4. The number of nitrogens with zero attached hydrogens (tertiary/aromatic N) is 3. The summed E-state index contributed by atoms with van der Waals surface area (Å²) in [6.07, 6.45) is 3.48. The number of hydrogen-bond donors (Lipinski definition) is 3. The maximum atomic E-state index is 11.2. The van der Waals surface area contributed by atoms with Crippen molar-refractivity contribution < 1.29 is 0 Å². The first-order chi connectivity index (χ1) is 9.17. The normalized spacial score (nSPS) is 10.6. The van der Waals surface area contributed by atoms with Crippen molar-refractivity contribution in [2.45, 2.75) is 23.8 Å². The highest BCUT2D eigenvalue weighted by molar-refractivity contribution is 7.99. The quantitative estimate of drug-likeness (QED) is 0.679. The van der Waals surface area contributed by atoms with Crippen LogP contribution in [0, 0.1) is 0 Å². The number of hydrogen-bond acceptors (Lipinski definition) is 7. The summed E-state index contributed by atoms with van der Waals surface area (Å²) in [7, 11) is 0. The molecule has 100 valence electrons. The van der Waals surface area contributed by atoms with E-state index in [0.717, 1.165) is 30.4 Å². The van der Waals surface area contributed by atoms with E-state index < -0.39 is 0 Å². The van der Waals surface area contributed by atoms with Crippen molar-refractivity contribution in [1.82, 2.24) is 25.3 Å². The molecule has 0 atom stereocenters. The van der Waals surface area contributed by atoms with Crippen LogP contribution in [-0.2, 0) is 6.54 Å². The number of nitrogens with one attached hydrogen (secondary N) is 2. The Morgan fingerprint density at radius 1 is 1.42 bits per heavy atom. The van der Waals surface area contributed by atoms with E-state index in [2.05, 4.69) is 25.3 Å². The highest BCUT2D eigenvalue weighted by Gasteiger charge is 2.04. The minimum atomic E-state index is -0.293. The molecule has 4 N–H and O–H groups in total. The monoisotopic (exact) mass is 278 g/mol. The molecule has 8 heteroatoms. The van der Waals surface area contributed by atoms with Gasteiger partial charge in [0, 0.05) is 30.6 Å². The van der Waals surface area contributed by atoms with Gasteiger partial charge in [0.2, 0.25) is 0 Å². The number of rotatable bonds is 5. The van der Waals surface area contributed by atoms with Crippen LogP contribution in [0.15, 0.2) is 33.6 Å². The number of nitrogen functional groups attached to an aromatic ring is 1. The fourth-order valence-electron chi connectivity index (χ4n) is 1.34. The number of anilines is 1. The molecule has 19 heavy (non-hydrogen) atoms. The van der Waals surface area contributed by atoms with Gasteiger partial charge in [-0.3, -0.25) is 4.79 Å². The lowest BCUT2D eigenvalue weighted by Gasteiger charge is -2.03. The van der Waals surface area contributed by atoms with Crippen molar-refractivity contribution in [3.63, 3.8) is 0 Å². The molecular formula is C11H14N6OS. The molecule has 0 bridgehead atoms. The highest BCUT2D eigenvalue weighted by Crippen LogP contribution is 2.19. The highest BCUT2D eigenvalue weighted by atomic mass is 32.2. The van der Waals surface area contributed by atoms with E-state index in [0.29, 0.717) is 10.3 Å². The summed E-state index contributed by atoms with van der Waals surface area (Å²) in [5.41, 5.74) is 6.21. The first-order valence-electron chi connectivity index (χ1n) is 5.73. The molecule has 7 nitrogen and oxygen atoms in total. The Bertz CT molecular complexity index is 597. The summed E-state index contributed by atoms with van der Waals surface area (Å²) in [6.45, 7) is 3.66. The lowest BCUT2D eigenvalue weighted by Crippen LogP contribution is -2.12. The Labute approximate surface area is 114 Å². The van der Waals surface area contributed by atoms with Crippen molar-refractivity contribution in [3.05, 3.63) is 34.4 Å². The average Bonchev–Trinajstić information content (AvgIpc) is 2.37. The van der Waals surface area contributed by atoms with Crippen LogP contribution in [0.1, 0.15) is 12.5 Å². The lowest BCUT2D eigenvalue weighted by atomic mass is 10.3. The molecule has 0 radical (unpaired) electrons. The Balaban J connectivity index is 2.08. The zero-order valence-corrected chi connectivity index (χ0v) is 11.2. The van der Waals surface area contributed by atoms with Crippen LogP contribution in [0.2, 0.25) is 0 Å². The summed E-state index contributed by atoms with van der Waals surface area (Å²) in [5, 5.41) is 4.07. The standard InChI is InChI=1S/C11H14N6OS/c1-2-13-4-7-5-14-10(15-6-7)19-11-16-8(12)3-9(18)17-11/h3,5-6,13H,2,4H2,1H3,(H3,12,16,17,18). The summed E-state index contributed by atoms with van der Waals surface area (Å²) in [4.78, 5) is 26.2. The van der Waals surface area contributed by atoms with Gasteiger partial charge >= 0.3 is 0 Å². The van der Waals surface area contributed by atoms with Gasteiger partial charge in [-0.2, -0.15) is 0 Å². The van der Waals surface area contributed by atoms with Crippen LogP contribution in [0.25, 0.3) is 0 Å². The molecule has 0 aromatic carbocycles. The molecule has 0 saturated heterocycles. The first-order valence-corrected chi connectivity index (χ1v) is 6.55. The van der Waals surface area contributed by atoms with Crippen molar-refractivity contribution in [1.29, 1.82) is 0 Å². The fraction of sp³-hybridized carbons (Fsp3) is 0.273. The smallest absolute Gasteiger partial charge is 0.253 e. The fourth-order valence-corrected chi connectivity index (χ4v) is 2.03. The van der Waals surface area contributed by atoms with E-state index in [9.17, 15) is 4.79 Å². The minimum Gasteiger partial charge on any atom is -0.383 e. The van der Waals surface area contributed by atoms with Crippen molar-refractivity contribution in [2.75, 3.05) is 12.3 Å². The summed E-state index contributed by atoms with van der Waals surface area (Å²) in [5.74, 6) is 0.176. The van der Waals surface area contributed by atoms with E-state index in [1.165, 1.54) is 6.07 Å². The SMILES string of the molecule is CCNCc1cnc(Sc2nc(N)cc(=O)[nH]2)nc1. The van der Waals surface area contributed by atoms with Gasteiger partial charge in [0.15, 0.2) is 10.3 Å². The predicted octanol–water partition coefficient (Wildman–Crippen LogP) is 0.403. The first kappa shape index (κ1) is 13.5. The van der Waals surface area contributed by atoms with Crippen molar-refractivity contribution in [3.8, 4) is 0 Å². The number of nitrogens with two attached hydrogens (primary N) is 1. The van der Waals surface area contributed by atoms with Gasteiger partial charge in [0.1, 0.15) is 5.82 Å². The third kappa shape index (κ3) is 4.04. The van der Waals surface area contributed by atoms with Crippen LogP contribution in [0.3, 0.4) is 0 Å². The van der Waals surface area contributed by atoms with E-state index in [-0.39, 0.29) is 11.4 Å². The third-order valence-corrected chi connectivity index (χ3v) is 2.97. The zero-order chi connectivity index (χ0) is 13.7. The molecule has 0 spiro atoms. The molecule has 0 unspecified atom stereocenters. The Morgan fingerprint density at radius 2 is 2.16 bits per heavy atom. The molecule has 0 aliphatic heterocycles. The molecule has 0 aliphatic rings.